The number of carbonyl (C=O) groups is 1. The summed E-state index contributed by atoms with van der Waals surface area (Å²) >= 11 is 0.879. The highest BCUT2D eigenvalue weighted by Gasteiger charge is 2.31. The Kier molecular flexibility index (Phi) is 4.49. The highest BCUT2D eigenvalue weighted by molar-refractivity contribution is 7.93. The molecule has 0 amide bonds. The highest BCUT2D eigenvalue weighted by atomic mass is 32.2. The number of thiophene rings is 1. The van der Waals surface area contributed by atoms with E-state index < -0.39 is 26.7 Å². The Morgan fingerprint density at radius 3 is 2.56 bits per heavy atom. The third-order valence-corrected chi connectivity index (χ3v) is 6.35. The molecule has 0 aliphatic rings. The fraction of sp³-hybridized carbons (Fsp3) is 0.118. The number of nitrogens with one attached hydrogen (secondary N) is 1. The van der Waals surface area contributed by atoms with E-state index in [2.05, 4.69) is 9.46 Å². The minimum Gasteiger partial charge on any atom is -0.465 e. The summed E-state index contributed by atoms with van der Waals surface area (Å²) in [6.45, 7) is 1.74. The molecule has 0 bridgehead atoms. The van der Waals surface area contributed by atoms with Gasteiger partial charge in [-0.15, -0.1) is 11.3 Å². The van der Waals surface area contributed by atoms with E-state index in [4.69, 9.17) is 0 Å². The van der Waals surface area contributed by atoms with Gasteiger partial charge in [0.2, 0.25) is 0 Å². The van der Waals surface area contributed by atoms with Crippen LogP contribution in [-0.4, -0.2) is 21.5 Å². The minimum atomic E-state index is -4.21. The summed E-state index contributed by atoms with van der Waals surface area (Å²) in [6, 6.07) is 11.0. The summed E-state index contributed by atoms with van der Waals surface area (Å²) in [6.07, 6.45) is 0. The number of para-hydroxylation sites is 1. The first-order valence-corrected chi connectivity index (χ1v) is 9.53. The Balaban J connectivity index is 2.26. The second-order valence-corrected chi connectivity index (χ2v) is 7.96. The van der Waals surface area contributed by atoms with Crippen molar-refractivity contribution in [3.05, 3.63) is 58.7 Å². The zero-order valence-corrected chi connectivity index (χ0v) is 15.0. The summed E-state index contributed by atoms with van der Waals surface area (Å²) in [5.41, 5.74) is 1.06. The van der Waals surface area contributed by atoms with Crippen molar-refractivity contribution >= 4 is 43.1 Å². The van der Waals surface area contributed by atoms with Crippen molar-refractivity contribution in [3.63, 3.8) is 0 Å². The van der Waals surface area contributed by atoms with E-state index in [-0.39, 0.29) is 10.3 Å². The van der Waals surface area contributed by atoms with Crippen LogP contribution in [0, 0.1) is 12.7 Å². The molecule has 0 saturated heterocycles. The number of hydrogen-bond donors (Lipinski definition) is 1. The number of aryl methyl sites for hydroxylation is 1. The SMILES string of the molecule is COC(=O)c1sc2cccc(F)c2c1S(=O)(=O)Nc1ccccc1C. The van der Waals surface area contributed by atoms with E-state index in [9.17, 15) is 17.6 Å². The highest BCUT2D eigenvalue weighted by Crippen LogP contribution is 2.37. The van der Waals surface area contributed by atoms with E-state index in [1.807, 2.05) is 0 Å². The first-order chi connectivity index (χ1) is 11.8. The smallest absolute Gasteiger partial charge is 0.349 e. The molecule has 130 valence electrons. The molecule has 2 aromatic carbocycles. The van der Waals surface area contributed by atoms with Crippen molar-refractivity contribution in [3.8, 4) is 0 Å². The second kappa shape index (κ2) is 6.45. The van der Waals surface area contributed by atoms with Gasteiger partial charge in [-0.05, 0) is 30.7 Å². The third-order valence-electron chi connectivity index (χ3n) is 3.65. The fourth-order valence-corrected chi connectivity index (χ4v) is 5.42. The lowest BCUT2D eigenvalue weighted by atomic mass is 10.2. The van der Waals surface area contributed by atoms with Crippen LogP contribution in [-0.2, 0) is 14.8 Å². The van der Waals surface area contributed by atoms with Gasteiger partial charge in [0.15, 0.2) is 0 Å². The molecule has 3 aromatic rings. The standard InChI is InChI=1S/C17H14FNO4S2/c1-10-6-3-4-8-12(10)19-25(21,22)16-14-11(18)7-5-9-13(14)24-15(16)17(20)23-2/h3-9,19H,1-2H3. The number of carbonyl (C=O) groups excluding carboxylic acids is 1. The Hall–Kier alpha value is -2.45. The molecule has 0 aliphatic carbocycles. The number of halogens is 1. The van der Waals surface area contributed by atoms with Gasteiger partial charge in [0.25, 0.3) is 10.0 Å². The molecule has 1 heterocycles. The number of hydrogen-bond acceptors (Lipinski definition) is 5. The number of benzene rings is 2. The van der Waals surface area contributed by atoms with E-state index in [0.717, 1.165) is 24.5 Å². The molecule has 0 aliphatic heterocycles. The molecule has 0 fully saturated rings. The van der Waals surface area contributed by atoms with Crippen molar-refractivity contribution in [2.45, 2.75) is 11.8 Å². The molecule has 0 spiro atoms. The van der Waals surface area contributed by atoms with Gasteiger partial charge >= 0.3 is 5.97 Å². The van der Waals surface area contributed by atoms with Gasteiger partial charge in [-0.2, -0.15) is 0 Å². The summed E-state index contributed by atoms with van der Waals surface area (Å²) < 4.78 is 47.7. The summed E-state index contributed by atoms with van der Waals surface area (Å²) in [7, 11) is -3.06. The number of sulfonamides is 1. The lowest BCUT2D eigenvalue weighted by molar-refractivity contribution is 0.0602. The molecule has 0 radical (unpaired) electrons. The molecular weight excluding hydrogens is 365 g/mol. The molecule has 5 nitrogen and oxygen atoms in total. The van der Waals surface area contributed by atoms with E-state index in [1.165, 1.54) is 6.07 Å². The lowest BCUT2D eigenvalue weighted by Gasteiger charge is -2.11. The quantitative estimate of drug-likeness (QED) is 0.697. The van der Waals surface area contributed by atoms with Crippen molar-refractivity contribution in [2.24, 2.45) is 0 Å². The molecule has 0 atom stereocenters. The Morgan fingerprint density at radius 2 is 1.88 bits per heavy atom. The number of anilines is 1. The van der Waals surface area contributed by atoms with Crippen LogP contribution in [0.2, 0.25) is 0 Å². The first kappa shape index (κ1) is 17.4. The topological polar surface area (TPSA) is 72.5 Å². The summed E-state index contributed by atoms with van der Waals surface area (Å²) in [5.74, 6) is -1.54. The van der Waals surface area contributed by atoms with Crippen molar-refractivity contribution in [1.29, 1.82) is 0 Å². The van der Waals surface area contributed by atoms with Crippen LogP contribution in [0.25, 0.3) is 10.1 Å². The zero-order chi connectivity index (χ0) is 18.2. The van der Waals surface area contributed by atoms with Gasteiger partial charge in [0, 0.05) is 10.1 Å². The molecular formula is C17H14FNO4S2. The first-order valence-electron chi connectivity index (χ1n) is 7.23. The minimum absolute atomic E-state index is 0.117. The Bertz CT molecular complexity index is 1070. The lowest BCUT2D eigenvalue weighted by Crippen LogP contribution is -2.17. The normalized spacial score (nSPS) is 11.5. The van der Waals surface area contributed by atoms with E-state index in [1.54, 1.807) is 37.3 Å². The van der Waals surface area contributed by atoms with Crippen LogP contribution in [0.5, 0.6) is 0 Å². The predicted molar refractivity (Wildman–Crippen MR) is 95.1 cm³/mol. The Labute approximate surface area is 148 Å². The van der Waals surface area contributed by atoms with Gasteiger partial charge < -0.3 is 4.74 Å². The average Bonchev–Trinajstić information content (AvgIpc) is 2.98. The summed E-state index contributed by atoms with van der Waals surface area (Å²) in [4.78, 5) is 11.5. The number of fused-ring (bicyclic) bond motifs is 1. The molecule has 0 unspecified atom stereocenters. The van der Waals surface area contributed by atoms with Crippen molar-refractivity contribution in [2.75, 3.05) is 11.8 Å². The molecule has 8 heteroatoms. The predicted octanol–water partition coefficient (Wildman–Crippen LogP) is 3.94. The van der Waals surface area contributed by atoms with Crippen LogP contribution in [0.4, 0.5) is 10.1 Å². The number of esters is 1. The maximum absolute atomic E-state index is 14.3. The number of rotatable bonds is 4. The molecule has 0 saturated carbocycles. The maximum Gasteiger partial charge on any atom is 0.349 e. The van der Waals surface area contributed by atoms with Crippen LogP contribution < -0.4 is 4.72 Å². The van der Waals surface area contributed by atoms with Crippen LogP contribution in [0.15, 0.2) is 47.4 Å². The van der Waals surface area contributed by atoms with Gasteiger partial charge in [-0.1, -0.05) is 24.3 Å². The third kappa shape index (κ3) is 3.10. The number of methoxy groups -OCH3 is 1. The van der Waals surface area contributed by atoms with Gasteiger partial charge in [-0.3, -0.25) is 4.72 Å². The van der Waals surface area contributed by atoms with Gasteiger partial charge in [0.1, 0.15) is 15.6 Å². The largest absolute Gasteiger partial charge is 0.465 e. The van der Waals surface area contributed by atoms with Gasteiger partial charge in [-0.25, -0.2) is 17.6 Å². The van der Waals surface area contributed by atoms with Crippen molar-refractivity contribution in [1.82, 2.24) is 0 Å². The zero-order valence-electron chi connectivity index (χ0n) is 13.4. The second-order valence-electron chi connectivity index (χ2n) is 5.29. The molecule has 1 aromatic heterocycles. The summed E-state index contributed by atoms with van der Waals surface area (Å²) in [5, 5.41) is -0.117. The fourth-order valence-electron chi connectivity index (χ4n) is 2.45. The monoisotopic (exact) mass is 379 g/mol. The van der Waals surface area contributed by atoms with Crippen LogP contribution >= 0.6 is 11.3 Å². The van der Waals surface area contributed by atoms with Gasteiger partial charge in [0.05, 0.1) is 12.8 Å². The molecule has 1 N–H and O–H groups in total. The van der Waals surface area contributed by atoms with E-state index in [0.29, 0.717) is 16.0 Å². The van der Waals surface area contributed by atoms with Crippen LogP contribution in [0.3, 0.4) is 0 Å². The molecule has 25 heavy (non-hydrogen) atoms. The maximum atomic E-state index is 14.3. The Morgan fingerprint density at radius 1 is 1.16 bits per heavy atom. The molecule has 3 rings (SSSR count). The average molecular weight is 379 g/mol. The van der Waals surface area contributed by atoms with Crippen LogP contribution in [0.1, 0.15) is 15.2 Å². The van der Waals surface area contributed by atoms with Crippen molar-refractivity contribution < 1.29 is 22.3 Å². The van der Waals surface area contributed by atoms with E-state index >= 15 is 0 Å². The number of ether oxygens (including phenoxy) is 1.